The van der Waals surface area contributed by atoms with Crippen LogP contribution in [-0.4, -0.2) is 23.5 Å². The molecule has 1 aromatic heterocycles. The van der Waals surface area contributed by atoms with E-state index < -0.39 is 0 Å². The summed E-state index contributed by atoms with van der Waals surface area (Å²) in [5.41, 5.74) is 9.99. The number of likely N-dealkylation sites (N-methyl/N-ethyl adjacent to an activating group) is 1. The molecular formula is C13H16ClN3S. The Bertz CT molecular complexity index is 469. The molecule has 2 N–H and O–H groups in total. The second kappa shape index (κ2) is 6.29. The van der Waals surface area contributed by atoms with Gasteiger partial charge in [-0.15, -0.1) is 11.3 Å². The minimum absolute atomic E-state index is 0.184. The van der Waals surface area contributed by atoms with E-state index in [-0.39, 0.29) is 6.04 Å². The van der Waals surface area contributed by atoms with Crippen molar-refractivity contribution in [2.45, 2.75) is 12.6 Å². The Kier molecular flexibility index (Phi) is 4.72. The van der Waals surface area contributed by atoms with Crippen LogP contribution in [0.5, 0.6) is 0 Å². The molecule has 96 valence electrons. The van der Waals surface area contributed by atoms with Crippen LogP contribution in [0.3, 0.4) is 0 Å². The second-order valence-corrected chi connectivity index (χ2v) is 5.35. The lowest BCUT2D eigenvalue weighted by molar-refractivity contribution is 0.239. The van der Waals surface area contributed by atoms with Crippen LogP contribution in [0.25, 0.3) is 0 Å². The smallest absolute Gasteiger partial charge is 0.0795 e. The summed E-state index contributed by atoms with van der Waals surface area (Å²) in [7, 11) is 2.06. The quantitative estimate of drug-likeness (QED) is 0.916. The summed E-state index contributed by atoms with van der Waals surface area (Å²) < 4.78 is 0. The molecule has 5 heteroatoms. The van der Waals surface area contributed by atoms with Crippen molar-refractivity contribution in [1.29, 1.82) is 0 Å². The van der Waals surface area contributed by atoms with Gasteiger partial charge >= 0.3 is 0 Å². The van der Waals surface area contributed by atoms with Crippen molar-refractivity contribution in [3.63, 3.8) is 0 Å². The van der Waals surface area contributed by atoms with E-state index >= 15 is 0 Å². The van der Waals surface area contributed by atoms with E-state index in [2.05, 4.69) is 22.3 Å². The average molecular weight is 282 g/mol. The van der Waals surface area contributed by atoms with Crippen LogP contribution < -0.4 is 5.73 Å². The molecule has 1 atom stereocenters. The van der Waals surface area contributed by atoms with Gasteiger partial charge in [-0.05, 0) is 24.7 Å². The SMILES string of the molecule is CN(Cc1cscn1)C(CN)c1ccc(Cl)cc1. The maximum absolute atomic E-state index is 5.90. The third-order valence-corrected chi connectivity index (χ3v) is 3.79. The third kappa shape index (κ3) is 3.29. The molecule has 2 rings (SSSR count). The van der Waals surface area contributed by atoms with Crippen molar-refractivity contribution in [2.24, 2.45) is 5.73 Å². The molecule has 1 heterocycles. The fourth-order valence-corrected chi connectivity index (χ4v) is 2.61. The lowest BCUT2D eigenvalue weighted by atomic mass is 10.1. The maximum atomic E-state index is 5.90. The minimum Gasteiger partial charge on any atom is -0.329 e. The Hall–Kier alpha value is -0.940. The molecular weight excluding hydrogens is 266 g/mol. The third-order valence-electron chi connectivity index (χ3n) is 2.90. The molecule has 1 aromatic carbocycles. The average Bonchev–Trinajstić information content (AvgIpc) is 2.85. The first-order chi connectivity index (χ1) is 8.70. The van der Waals surface area contributed by atoms with Gasteiger partial charge in [-0.1, -0.05) is 23.7 Å². The highest BCUT2D eigenvalue weighted by Crippen LogP contribution is 2.22. The lowest BCUT2D eigenvalue weighted by Gasteiger charge is -2.26. The molecule has 0 amide bonds. The number of nitrogens with zero attached hydrogens (tertiary/aromatic N) is 2. The lowest BCUT2D eigenvalue weighted by Crippen LogP contribution is -2.30. The second-order valence-electron chi connectivity index (χ2n) is 4.20. The van der Waals surface area contributed by atoms with Crippen molar-refractivity contribution in [1.82, 2.24) is 9.88 Å². The van der Waals surface area contributed by atoms with Gasteiger partial charge in [0.1, 0.15) is 0 Å². The minimum atomic E-state index is 0.184. The van der Waals surface area contributed by atoms with Crippen LogP contribution in [0.2, 0.25) is 5.02 Å². The highest BCUT2D eigenvalue weighted by Gasteiger charge is 2.16. The van der Waals surface area contributed by atoms with Gasteiger partial charge in [0, 0.05) is 29.5 Å². The topological polar surface area (TPSA) is 42.2 Å². The zero-order chi connectivity index (χ0) is 13.0. The van der Waals surface area contributed by atoms with E-state index in [0.29, 0.717) is 6.54 Å². The highest BCUT2D eigenvalue weighted by molar-refractivity contribution is 7.07. The predicted octanol–water partition coefficient (Wildman–Crippen LogP) is 2.93. The standard InChI is InChI=1S/C13H16ClN3S/c1-17(7-12-8-18-9-16-12)13(6-15)10-2-4-11(14)5-3-10/h2-5,8-9,13H,6-7,15H2,1H3. The largest absolute Gasteiger partial charge is 0.329 e. The molecule has 2 aromatic rings. The van der Waals surface area contributed by atoms with Gasteiger partial charge in [-0.25, -0.2) is 4.98 Å². The summed E-state index contributed by atoms with van der Waals surface area (Å²) in [4.78, 5) is 6.50. The molecule has 0 spiro atoms. The van der Waals surface area contributed by atoms with E-state index in [1.807, 2.05) is 29.8 Å². The first-order valence-electron chi connectivity index (χ1n) is 5.73. The predicted molar refractivity (Wildman–Crippen MR) is 76.8 cm³/mol. The molecule has 18 heavy (non-hydrogen) atoms. The molecule has 0 saturated carbocycles. The number of nitrogens with two attached hydrogens (primary N) is 1. The Labute approximate surface area is 116 Å². The Morgan fingerprint density at radius 3 is 2.67 bits per heavy atom. The van der Waals surface area contributed by atoms with Crippen LogP contribution in [0.15, 0.2) is 35.2 Å². The molecule has 0 aliphatic rings. The summed E-state index contributed by atoms with van der Waals surface area (Å²) >= 11 is 7.51. The van der Waals surface area contributed by atoms with Crippen LogP contribution >= 0.6 is 22.9 Å². The normalized spacial score (nSPS) is 12.9. The van der Waals surface area contributed by atoms with Crippen molar-refractivity contribution < 1.29 is 0 Å². The van der Waals surface area contributed by atoms with E-state index in [4.69, 9.17) is 17.3 Å². The van der Waals surface area contributed by atoms with E-state index in [1.165, 1.54) is 5.56 Å². The van der Waals surface area contributed by atoms with Gasteiger partial charge in [-0.3, -0.25) is 4.90 Å². The van der Waals surface area contributed by atoms with Gasteiger partial charge in [-0.2, -0.15) is 0 Å². The van der Waals surface area contributed by atoms with Gasteiger partial charge in [0.15, 0.2) is 0 Å². The van der Waals surface area contributed by atoms with Gasteiger partial charge in [0.05, 0.1) is 11.2 Å². The van der Waals surface area contributed by atoms with E-state index in [9.17, 15) is 0 Å². The molecule has 1 unspecified atom stereocenters. The summed E-state index contributed by atoms with van der Waals surface area (Å²) in [6.45, 7) is 1.37. The van der Waals surface area contributed by atoms with E-state index in [1.54, 1.807) is 11.3 Å². The van der Waals surface area contributed by atoms with Crippen LogP contribution in [0, 0.1) is 0 Å². The molecule has 3 nitrogen and oxygen atoms in total. The molecule has 0 bridgehead atoms. The van der Waals surface area contributed by atoms with Crippen molar-refractivity contribution >= 4 is 22.9 Å². The Morgan fingerprint density at radius 1 is 1.39 bits per heavy atom. The highest BCUT2D eigenvalue weighted by atomic mass is 35.5. The molecule has 0 saturated heterocycles. The first-order valence-corrected chi connectivity index (χ1v) is 7.05. The summed E-state index contributed by atoms with van der Waals surface area (Å²) in [6, 6.07) is 8.03. The molecule has 0 fully saturated rings. The molecule has 0 radical (unpaired) electrons. The Morgan fingerprint density at radius 2 is 2.11 bits per heavy atom. The maximum Gasteiger partial charge on any atom is 0.0795 e. The fourth-order valence-electron chi connectivity index (χ4n) is 1.94. The summed E-state index contributed by atoms with van der Waals surface area (Å²) in [5, 5.41) is 2.81. The number of hydrogen-bond acceptors (Lipinski definition) is 4. The number of benzene rings is 1. The number of thiazole rings is 1. The van der Waals surface area contributed by atoms with Crippen molar-refractivity contribution in [3.8, 4) is 0 Å². The number of hydrogen-bond donors (Lipinski definition) is 1. The van der Waals surface area contributed by atoms with Gasteiger partial charge in [0.2, 0.25) is 0 Å². The number of aromatic nitrogens is 1. The summed E-state index contributed by atoms with van der Waals surface area (Å²) in [6.07, 6.45) is 0. The van der Waals surface area contributed by atoms with Crippen LogP contribution in [-0.2, 0) is 6.54 Å². The van der Waals surface area contributed by atoms with Gasteiger partial charge in [0.25, 0.3) is 0 Å². The molecule has 0 aliphatic heterocycles. The fraction of sp³-hybridized carbons (Fsp3) is 0.308. The van der Waals surface area contributed by atoms with Crippen LogP contribution in [0.1, 0.15) is 17.3 Å². The number of halogens is 1. The van der Waals surface area contributed by atoms with Crippen molar-refractivity contribution in [3.05, 3.63) is 51.4 Å². The van der Waals surface area contributed by atoms with E-state index in [0.717, 1.165) is 17.3 Å². The monoisotopic (exact) mass is 281 g/mol. The van der Waals surface area contributed by atoms with Crippen LogP contribution in [0.4, 0.5) is 0 Å². The first kappa shape index (κ1) is 13.5. The summed E-state index contributed by atoms with van der Waals surface area (Å²) in [5.74, 6) is 0. The van der Waals surface area contributed by atoms with Crippen molar-refractivity contribution in [2.75, 3.05) is 13.6 Å². The zero-order valence-corrected chi connectivity index (χ0v) is 11.8. The Balaban J connectivity index is 2.10. The van der Waals surface area contributed by atoms with Gasteiger partial charge < -0.3 is 5.73 Å². The number of rotatable bonds is 5. The zero-order valence-electron chi connectivity index (χ0n) is 10.2. The molecule has 0 aliphatic carbocycles.